The summed E-state index contributed by atoms with van der Waals surface area (Å²) >= 11 is 0. The molecule has 0 aromatic heterocycles. The van der Waals surface area contributed by atoms with Crippen LogP contribution in [-0.2, 0) is 4.79 Å². The molecule has 0 rings (SSSR count). The fourth-order valence-corrected chi connectivity index (χ4v) is 0.980. The average Bonchev–Trinajstić information content (AvgIpc) is 2.18. The van der Waals surface area contributed by atoms with Crippen LogP contribution >= 0.6 is 0 Å². The van der Waals surface area contributed by atoms with Crippen LogP contribution in [0.15, 0.2) is 12.7 Å². The maximum atomic E-state index is 11.2. The molecule has 4 heteroatoms. The van der Waals surface area contributed by atoms with Gasteiger partial charge in [0.1, 0.15) is 0 Å². The number of hydrogen-bond donors (Lipinski definition) is 2. The summed E-state index contributed by atoms with van der Waals surface area (Å²) in [6.07, 6.45) is 1.74. The SMILES string of the molecule is C=CCNCC(=O)NCCN(C)C(C)C. The zero-order chi connectivity index (χ0) is 11.7. The highest BCUT2D eigenvalue weighted by Crippen LogP contribution is 1.90. The Hall–Kier alpha value is -0.870. The van der Waals surface area contributed by atoms with E-state index in [1.807, 2.05) is 7.05 Å². The quantitative estimate of drug-likeness (QED) is 0.448. The summed E-state index contributed by atoms with van der Waals surface area (Å²) in [4.78, 5) is 13.4. The van der Waals surface area contributed by atoms with Gasteiger partial charge in [-0.3, -0.25) is 4.79 Å². The van der Waals surface area contributed by atoms with Crippen LogP contribution in [0.1, 0.15) is 13.8 Å². The van der Waals surface area contributed by atoms with Gasteiger partial charge in [0.15, 0.2) is 0 Å². The number of carbonyl (C=O) groups is 1. The Morgan fingerprint density at radius 2 is 2.20 bits per heavy atom. The normalized spacial score (nSPS) is 10.7. The van der Waals surface area contributed by atoms with Crippen LogP contribution in [-0.4, -0.2) is 50.1 Å². The molecule has 0 saturated heterocycles. The molecule has 0 heterocycles. The lowest BCUT2D eigenvalue weighted by Gasteiger charge is -2.20. The lowest BCUT2D eigenvalue weighted by atomic mass is 10.3. The lowest BCUT2D eigenvalue weighted by molar-refractivity contribution is -0.120. The fraction of sp³-hybridized carbons (Fsp3) is 0.727. The summed E-state index contributed by atoms with van der Waals surface area (Å²) in [7, 11) is 2.05. The molecule has 1 amide bonds. The summed E-state index contributed by atoms with van der Waals surface area (Å²) in [5, 5.41) is 5.80. The molecule has 0 aromatic carbocycles. The third kappa shape index (κ3) is 8.15. The van der Waals surface area contributed by atoms with Gasteiger partial charge in [-0.05, 0) is 20.9 Å². The van der Waals surface area contributed by atoms with E-state index in [9.17, 15) is 4.79 Å². The van der Waals surface area contributed by atoms with E-state index in [0.717, 1.165) is 6.54 Å². The van der Waals surface area contributed by atoms with Crippen molar-refractivity contribution in [2.24, 2.45) is 0 Å². The Bertz CT molecular complexity index is 192. The van der Waals surface area contributed by atoms with Gasteiger partial charge in [-0.1, -0.05) is 6.08 Å². The van der Waals surface area contributed by atoms with Crippen LogP contribution in [0.4, 0.5) is 0 Å². The first-order valence-electron chi connectivity index (χ1n) is 5.36. The lowest BCUT2D eigenvalue weighted by Crippen LogP contribution is -2.39. The van der Waals surface area contributed by atoms with E-state index in [1.54, 1.807) is 6.08 Å². The topological polar surface area (TPSA) is 44.4 Å². The molecular weight excluding hydrogens is 190 g/mol. The number of amides is 1. The van der Waals surface area contributed by atoms with Crippen molar-refractivity contribution < 1.29 is 4.79 Å². The molecule has 0 radical (unpaired) electrons. The second kappa shape index (κ2) is 8.44. The maximum absolute atomic E-state index is 11.2. The first-order chi connectivity index (χ1) is 7.07. The molecule has 4 nitrogen and oxygen atoms in total. The Morgan fingerprint density at radius 1 is 1.53 bits per heavy atom. The Balaban J connectivity index is 3.42. The molecule has 2 N–H and O–H groups in total. The van der Waals surface area contributed by atoms with Crippen molar-refractivity contribution in [2.75, 3.05) is 33.2 Å². The van der Waals surface area contributed by atoms with Crippen LogP contribution < -0.4 is 10.6 Å². The minimum absolute atomic E-state index is 0.0361. The van der Waals surface area contributed by atoms with E-state index in [1.165, 1.54) is 0 Å². The smallest absolute Gasteiger partial charge is 0.234 e. The molecule has 0 unspecified atom stereocenters. The number of likely N-dealkylation sites (N-methyl/N-ethyl adjacent to an activating group) is 1. The van der Waals surface area contributed by atoms with Crippen molar-refractivity contribution in [3.63, 3.8) is 0 Å². The zero-order valence-corrected chi connectivity index (χ0v) is 10.0. The molecule has 0 spiro atoms. The van der Waals surface area contributed by atoms with Gasteiger partial charge in [-0.2, -0.15) is 0 Å². The van der Waals surface area contributed by atoms with Crippen molar-refractivity contribution in [1.82, 2.24) is 15.5 Å². The Labute approximate surface area is 92.7 Å². The summed E-state index contributed by atoms with van der Waals surface area (Å²) < 4.78 is 0. The Morgan fingerprint density at radius 3 is 2.73 bits per heavy atom. The predicted octanol–water partition coefficient (Wildman–Crippen LogP) is 0.218. The summed E-state index contributed by atoms with van der Waals surface area (Å²) in [5.74, 6) is 0.0361. The third-order valence-corrected chi connectivity index (χ3v) is 2.24. The maximum Gasteiger partial charge on any atom is 0.234 e. The van der Waals surface area contributed by atoms with Gasteiger partial charge >= 0.3 is 0 Å². The highest BCUT2D eigenvalue weighted by molar-refractivity contribution is 5.77. The van der Waals surface area contributed by atoms with Crippen molar-refractivity contribution >= 4 is 5.91 Å². The first-order valence-corrected chi connectivity index (χ1v) is 5.36. The molecule has 0 atom stereocenters. The monoisotopic (exact) mass is 213 g/mol. The second-order valence-corrected chi connectivity index (χ2v) is 3.84. The van der Waals surface area contributed by atoms with E-state index >= 15 is 0 Å². The molecule has 0 saturated carbocycles. The number of nitrogens with one attached hydrogen (secondary N) is 2. The van der Waals surface area contributed by atoms with Gasteiger partial charge in [-0.15, -0.1) is 6.58 Å². The van der Waals surface area contributed by atoms with Crippen molar-refractivity contribution in [3.05, 3.63) is 12.7 Å². The molecule has 15 heavy (non-hydrogen) atoms. The van der Waals surface area contributed by atoms with Crippen LogP contribution in [0.25, 0.3) is 0 Å². The summed E-state index contributed by atoms with van der Waals surface area (Å²) in [6.45, 7) is 10.4. The molecule has 0 fully saturated rings. The van der Waals surface area contributed by atoms with E-state index in [-0.39, 0.29) is 5.91 Å². The van der Waals surface area contributed by atoms with E-state index in [0.29, 0.717) is 25.7 Å². The molecule has 0 aliphatic rings. The predicted molar refractivity (Wildman–Crippen MR) is 63.8 cm³/mol. The third-order valence-electron chi connectivity index (χ3n) is 2.24. The standard InChI is InChI=1S/C11H23N3O/c1-5-6-12-9-11(15)13-7-8-14(4)10(2)3/h5,10,12H,1,6-9H2,2-4H3,(H,13,15). The molecule has 0 aromatic rings. The number of hydrogen-bond acceptors (Lipinski definition) is 3. The minimum atomic E-state index is 0.0361. The zero-order valence-electron chi connectivity index (χ0n) is 10.0. The van der Waals surface area contributed by atoms with Gasteiger partial charge in [0.25, 0.3) is 0 Å². The first kappa shape index (κ1) is 14.1. The minimum Gasteiger partial charge on any atom is -0.354 e. The molecule has 88 valence electrons. The van der Waals surface area contributed by atoms with E-state index in [2.05, 4.69) is 36.0 Å². The Kier molecular flexibility index (Phi) is 7.95. The number of rotatable bonds is 8. The molecule has 0 bridgehead atoms. The van der Waals surface area contributed by atoms with Crippen molar-refractivity contribution in [3.8, 4) is 0 Å². The van der Waals surface area contributed by atoms with Crippen molar-refractivity contribution in [2.45, 2.75) is 19.9 Å². The van der Waals surface area contributed by atoms with E-state index in [4.69, 9.17) is 0 Å². The largest absolute Gasteiger partial charge is 0.354 e. The van der Waals surface area contributed by atoms with Gasteiger partial charge in [0, 0.05) is 25.7 Å². The van der Waals surface area contributed by atoms with E-state index < -0.39 is 0 Å². The summed E-state index contributed by atoms with van der Waals surface area (Å²) in [5.41, 5.74) is 0. The summed E-state index contributed by atoms with van der Waals surface area (Å²) in [6, 6.07) is 0.515. The second-order valence-electron chi connectivity index (χ2n) is 3.84. The fourth-order valence-electron chi connectivity index (χ4n) is 0.980. The van der Waals surface area contributed by atoms with Gasteiger partial charge in [-0.25, -0.2) is 0 Å². The average molecular weight is 213 g/mol. The van der Waals surface area contributed by atoms with Crippen LogP contribution in [0.5, 0.6) is 0 Å². The molecule has 0 aliphatic carbocycles. The van der Waals surface area contributed by atoms with Crippen LogP contribution in [0.3, 0.4) is 0 Å². The van der Waals surface area contributed by atoms with Crippen molar-refractivity contribution in [1.29, 1.82) is 0 Å². The van der Waals surface area contributed by atoms with Crippen LogP contribution in [0, 0.1) is 0 Å². The van der Waals surface area contributed by atoms with Gasteiger partial charge in [0.2, 0.25) is 5.91 Å². The van der Waals surface area contributed by atoms with Gasteiger partial charge < -0.3 is 15.5 Å². The highest BCUT2D eigenvalue weighted by Gasteiger charge is 2.03. The number of nitrogens with zero attached hydrogens (tertiary/aromatic N) is 1. The molecular formula is C11H23N3O. The van der Waals surface area contributed by atoms with Crippen LogP contribution in [0.2, 0.25) is 0 Å². The highest BCUT2D eigenvalue weighted by atomic mass is 16.1. The van der Waals surface area contributed by atoms with Gasteiger partial charge in [0.05, 0.1) is 6.54 Å². The molecule has 0 aliphatic heterocycles. The number of carbonyl (C=O) groups excluding carboxylic acids is 1.